The number of pyridine rings is 1. The van der Waals surface area contributed by atoms with Gasteiger partial charge in [-0.15, -0.1) is 0 Å². The molecule has 1 amide bonds. The maximum Gasteiger partial charge on any atom is 0.289 e. The van der Waals surface area contributed by atoms with Crippen LogP contribution in [0.2, 0.25) is 5.02 Å². The number of nitrogens with zero attached hydrogens (tertiary/aromatic N) is 3. The number of hydrogen-bond donors (Lipinski definition) is 1. The van der Waals surface area contributed by atoms with Gasteiger partial charge in [0.15, 0.2) is 0 Å². The molecule has 0 bridgehead atoms. The van der Waals surface area contributed by atoms with Crippen LogP contribution < -0.4 is 10.3 Å². The van der Waals surface area contributed by atoms with Crippen LogP contribution in [0, 0.1) is 0 Å². The molecule has 1 aromatic carbocycles. The molecule has 0 aliphatic carbocycles. The summed E-state index contributed by atoms with van der Waals surface area (Å²) < 4.78 is 0. The highest BCUT2D eigenvalue weighted by molar-refractivity contribution is 6.33. The van der Waals surface area contributed by atoms with Gasteiger partial charge in [-0.05, 0) is 62.9 Å². The Hall–Kier alpha value is -2.40. The zero-order valence-electron chi connectivity index (χ0n) is 16.2. The lowest BCUT2D eigenvalue weighted by molar-refractivity contribution is 0.0950. The average molecular weight is 385 g/mol. The first kappa shape index (κ1) is 19.4. The molecule has 142 valence electrons. The van der Waals surface area contributed by atoms with Crippen molar-refractivity contribution in [1.29, 1.82) is 0 Å². The maximum absolute atomic E-state index is 12.0. The molecule has 0 spiro atoms. The predicted molar refractivity (Wildman–Crippen MR) is 111 cm³/mol. The molecule has 0 saturated carbocycles. The van der Waals surface area contributed by atoms with Gasteiger partial charge in [-0.2, -0.15) is 5.10 Å². The molecule has 1 unspecified atom stereocenters. The van der Waals surface area contributed by atoms with Crippen molar-refractivity contribution in [3.63, 3.8) is 0 Å². The highest BCUT2D eigenvalue weighted by Gasteiger charge is 2.35. The van der Waals surface area contributed by atoms with Gasteiger partial charge in [0.05, 0.1) is 11.2 Å². The van der Waals surface area contributed by atoms with Crippen molar-refractivity contribution in [3.8, 4) is 0 Å². The van der Waals surface area contributed by atoms with Gasteiger partial charge in [-0.1, -0.05) is 24.6 Å². The molecule has 1 aliphatic rings. The molecule has 0 radical (unpaired) electrons. The van der Waals surface area contributed by atoms with Crippen molar-refractivity contribution in [1.82, 2.24) is 10.4 Å². The third-order valence-electron chi connectivity index (χ3n) is 5.09. The van der Waals surface area contributed by atoms with Crippen LogP contribution in [-0.4, -0.2) is 29.2 Å². The van der Waals surface area contributed by atoms with Gasteiger partial charge in [-0.25, -0.2) is 5.43 Å². The summed E-state index contributed by atoms with van der Waals surface area (Å²) in [5, 5.41) is 4.68. The summed E-state index contributed by atoms with van der Waals surface area (Å²) in [5.41, 5.74) is 6.15. The Morgan fingerprint density at radius 2 is 2.22 bits per heavy atom. The van der Waals surface area contributed by atoms with Gasteiger partial charge in [0.2, 0.25) is 0 Å². The minimum absolute atomic E-state index is 0.0940. The van der Waals surface area contributed by atoms with E-state index in [1.54, 1.807) is 30.6 Å². The van der Waals surface area contributed by atoms with Gasteiger partial charge < -0.3 is 4.90 Å². The summed E-state index contributed by atoms with van der Waals surface area (Å²) in [6.45, 7) is 9.87. The first-order valence-corrected chi connectivity index (χ1v) is 9.57. The third-order valence-corrected chi connectivity index (χ3v) is 5.41. The zero-order chi connectivity index (χ0) is 19.6. The first-order chi connectivity index (χ1) is 12.8. The maximum atomic E-state index is 12.0. The van der Waals surface area contributed by atoms with Crippen molar-refractivity contribution in [2.45, 2.75) is 45.6 Å². The number of carbonyl (C=O) groups is 1. The van der Waals surface area contributed by atoms with E-state index in [0.717, 1.165) is 18.5 Å². The fraction of sp³-hybridized carbons (Fsp3) is 0.381. The Morgan fingerprint density at radius 3 is 2.89 bits per heavy atom. The number of fused-ring (bicyclic) bond motifs is 1. The predicted octanol–water partition coefficient (Wildman–Crippen LogP) is 4.61. The van der Waals surface area contributed by atoms with Gasteiger partial charge in [-0.3, -0.25) is 9.78 Å². The van der Waals surface area contributed by atoms with Gasteiger partial charge in [0, 0.05) is 29.5 Å². The highest BCUT2D eigenvalue weighted by atomic mass is 35.5. The Bertz CT molecular complexity index is 864. The van der Waals surface area contributed by atoms with Crippen molar-refractivity contribution in [2.24, 2.45) is 5.10 Å². The largest absolute Gasteiger partial charge is 0.366 e. The quantitative estimate of drug-likeness (QED) is 0.618. The summed E-state index contributed by atoms with van der Waals surface area (Å²) in [5.74, 6) is 0.0681. The average Bonchev–Trinajstić information content (AvgIpc) is 2.63. The molecular formula is C21H25ClN4O. The van der Waals surface area contributed by atoms with E-state index in [4.69, 9.17) is 11.6 Å². The second-order valence-electron chi connectivity index (χ2n) is 7.51. The van der Waals surface area contributed by atoms with E-state index in [-0.39, 0.29) is 11.4 Å². The van der Waals surface area contributed by atoms with E-state index in [1.165, 1.54) is 11.3 Å². The molecule has 0 saturated heterocycles. The molecule has 1 N–H and O–H groups in total. The lowest BCUT2D eigenvalue weighted by atomic mass is 9.79. The molecule has 3 rings (SSSR count). The minimum atomic E-state index is -0.354. The van der Waals surface area contributed by atoms with Gasteiger partial charge in [0.1, 0.15) is 5.69 Å². The number of aromatic nitrogens is 1. The third kappa shape index (κ3) is 3.98. The first-order valence-electron chi connectivity index (χ1n) is 9.19. The number of rotatable bonds is 4. The van der Waals surface area contributed by atoms with E-state index < -0.39 is 0 Å². The number of carbonyl (C=O) groups excluding carboxylic acids is 1. The van der Waals surface area contributed by atoms with Crippen LogP contribution >= 0.6 is 11.6 Å². The van der Waals surface area contributed by atoms with Gasteiger partial charge in [0.25, 0.3) is 5.91 Å². The fourth-order valence-electron chi connectivity index (χ4n) is 3.93. The Kier molecular flexibility index (Phi) is 5.51. The molecule has 27 heavy (non-hydrogen) atoms. The summed E-state index contributed by atoms with van der Waals surface area (Å²) in [6.07, 6.45) is 4.23. The van der Waals surface area contributed by atoms with E-state index in [2.05, 4.69) is 54.2 Å². The smallest absolute Gasteiger partial charge is 0.289 e. The van der Waals surface area contributed by atoms with Crippen molar-refractivity contribution in [2.75, 3.05) is 11.4 Å². The summed E-state index contributed by atoms with van der Waals surface area (Å²) in [6, 6.07) is 9.25. The normalized spacial score (nSPS) is 18.4. The number of halogens is 1. The molecule has 6 heteroatoms. The molecule has 0 fully saturated rings. The van der Waals surface area contributed by atoms with Crippen LogP contribution in [0.3, 0.4) is 0 Å². The summed E-state index contributed by atoms with van der Waals surface area (Å²) in [7, 11) is 0. The topological polar surface area (TPSA) is 57.6 Å². The standard InChI is InChI=1S/C21H25ClN4O/c1-5-26-19-11-17(22)15(10-16(19)14(2)12-21(26,3)4)13-24-25-20(27)18-8-6-7-9-23-18/h6-11,13-14H,5,12H2,1-4H3,(H,25,27)/b24-13-. The van der Waals surface area contributed by atoms with Crippen molar-refractivity contribution in [3.05, 3.63) is 58.4 Å². The molecule has 1 aromatic heterocycles. The number of amides is 1. The molecule has 1 atom stereocenters. The van der Waals surface area contributed by atoms with Crippen LogP contribution in [0.1, 0.15) is 61.6 Å². The second kappa shape index (κ2) is 7.69. The van der Waals surface area contributed by atoms with E-state index in [9.17, 15) is 4.79 Å². The van der Waals surface area contributed by atoms with Crippen LogP contribution in [-0.2, 0) is 0 Å². The lowest BCUT2D eigenvalue weighted by Gasteiger charge is -2.47. The van der Waals surface area contributed by atoms with Crippen molar-refractivity contribution >= 4 is 29.4 Å². The zero-order valence-corrected chi connectivity index (χ0v) is 16.9. The van der Waals surface area contributed by atoms with Crippen molar-refractivity contribution < 1.29 is 4.79 Å². The fourth-order valence-corrected chi connectivity index (χ4v) is 4.14. The highest BCUT2D eigenvalue weighted by Crippen LogP contribution is 2.44. The Morgan fingerprint density at radius 1 is 1.44 bits per heavy atom. The van der Waals surface area contributed by atoms with Crippen LogP contribution in [0.4, 0.5) is 5.69 Å². The van der Waals surface area contributed by atoms with Gasteiger partial charge >= 0.3 is 0 Å². The van der Waals surface area contributed by atoms with Crippen LogP contribution in [0.15, 0.2) is 41.6 Å². The molecule has 2 aromatic rings. The van der Waals surface area contributed by atoms with E-state index >= 15 is 0 Å². The van der Waals surface area contributed by atoms with Crippen LogP contribution in [0.25, 0.3) is 0 Å². The number of anilines is 1. The number of hydrazone groups is 1. The van der Waals surface area contributed by atoms with E-state index in [1.807, 2.05) is 6.07 Å². The minimum Gasteiger partial charge on any atom is -0.366 e. The molecule has 5 nitrogen and oxygen atoms in total. The number of nitrogens with one attached hydrogen (secondary N) is 1. The number of hydrogen-bond acceptors (Lipinski definition) is 4. The van der Waals surface area contributed by atoms with Crippen LogP contribution in [0.5, 0.6) is 0 Å². The summed E-state index contributed by atoms with van der Waals surface area (Å²) >= 11 is 6.51. The SMILES string of the molecule is CCN1c2cc(Cl)c(/C=N\NC(=O)c3ccccn3)cc2C(C)CC1(C)C. The van der Waals surface area contributed by atoms with E-state index in [0.29, 0.717) is 16.6 Å². The molecule has 1 aliphatic heterocycles. The summed E-state index contributed by atoms with van der Waals surface area (Å²) in [4.78, 5) is 18.4. The monoisotopic (exact) mass is 384 g/mol. The Balaban J connectivity index is 1.84. The lowest BCUT2D eigenvalue weighted by Crippen LogP contribution is -2.48. The molecular weight excluding hydrogens is 360 g/mol. The number of benzene rings is 1. The molecule has 2 heterocycles. The second-order valence-corrected chi connectivity index (χ2v) is 7.92. The Labute approximate surface area is 165 Å².